The molecule has 1 heterocycles. The summed E-state index contributed by atoms with van der Waals surface area (Å²) in [5, 5.41) is 10.4. The maximum Gasteiger partial charge on any atom is 0.312 e. The van der Waals surface area contributed by atoms with Crippen LogP contribution >= 0.6 is 0 Å². The minimum absolute atomic E-state index is 0.00293. The van der Waals surface area contributed by atoms with Gasteiger partial charge in [0.25, 0.3) is 0 Å². The first-order valence-electron chi connectivity index (χ1n) is 8.26. The molecule has 0 radical (unpaired) electrons. The van der Waals surface area contributed by atoms with E-state index in [1.165, 1.54) is 0 Å². The number of aliphatic hydroxyl groups is 1. The van der Waals surface area contributed by atoms with Gasteiger partial charge in [-0.1, -0.05) is 34.6 Å². The second-order valence-electron chi connectivity index (χ2n) is 8.66. The maximum absolute atomic E-state index is 12.2. The lowest BCUT2D eigenvalue weighted by Crippen LogP contribution is -2.56. The minimum Gasteiger partial charge on any atom is -0.463 e. The lowest BCUT2D eigenvalue weighted by atomic mass is 9.57. The molecule has 2 aliphatic rings. The van der Waals surface area contributed by atoms with Crippen LogP contribution in [0.25, 0.3) is 0 Å². The van der Waals surface area contributed by atoms with Gasteiger partial charge in [0.1, 0.15) is 6.61 Å². The summed E-state index contributed by atoms with van der Waals surface area (Å²) in [6.45, 7) is 14.6. The molecule has 1 aliphatic heterocycles. The van der Waals surface area contributed by atoms with Crippen molar-refractivity contribution in [3.8, 4) is 0 Å². The van der Waals surface area contributed by atoms with E-state index in [0.29, 0.717) is 6.42 Å². The SMILES string of the molecule is [2H]C1([C@H]2CC(C)(C)[C@@H]2O)C(=O)OC[C@H]1O[Si](C)(C)C(C)(C)C. The Hall–Kier alpha value is -0.393. The van der Waals surface area contributed by atoms with Gasteiger partial charge < -0.3 is 14.3 Å². The van der Waals surface area contributed by atoms with Crippen LogP contribution in [0.2, 0.25) is 18.1 Å². The third-order valence-corrected chi connectivity index (χ3v) is 10.0. The van der Waals surface area contributed by atoms with Crippen molar-refractivity contribution in [3.05, 3.63) is 0 Å². The van der Waals surface area contributed by atoms with Crippen molar-refractivity contribution >= 4 is 14.3 Å². The van der Waals surface area contributed by atoms with E-state index in [0.717, 1.165) is 0 Å². The lowest BCUT2D eigenvalue weighted by molar-refractivity contribution is -0.159. The Morgan fingerprint density at radius 1 is 1.43 bits per heavy atom. The largest absolute Gasteiger partial charge is 0.463 e. The van der Waals surface area contributed by atoms with Gasteiger partial charge >= 0.3 is 5.97 Å². The van der Waals surface area contributed by atoms with Crippen LogP contribution in [0, 0.1) is 17.2 Å². The van der Waals surface area contributed by atoms with E-state index in [1.807, 2.05) is 13.8 Å². The van der Waals surface area contributed by atoms with Gasteiger partial charge in [0.15, 0.2) is 8.32 Å². The van der Waals surface area contributed by atoms with Crippen LogP contribution in [-0.2, 0) is 14.0 Å². The molecule has 5 heteroatoms. The number of carbonyl (C=O) groups is 1. The molecular weight excluding hydrogens is 284 g/mol. The molecular formula is C16H30O4Si. The second kappa shape index (κ2) is 5.07. The Balaban J connectivity index is 2.24. The topological polar surface area (TPSA) is 55.8 Å². The van der Waals surface area contributed by atoms with E-state index in [2.05, 4.69) is 33.9 Å². The van der Waals surface area contributed by atoms with Crippen LogP contribution in [0.3, 0.4) is 0 Å². The Morgan fingerprint density at radius 3 is 2.43 bits per heavy atom. The standard InChI is InChI=1S/C16H30O4Si/c1-15(2,3)21(6,7)20-11-9-19-14(18)12(11)10-8-16(4,5)13(10)17/h10-13,17H,8-9H2,1-7H3/t10-,11-,12?,13-/m1/s1/i12D. The highest BCUT2D eigenvalue weighted by Crippen LogP contribution is 2.51. The van der Waals surface area contributed by atoms with Gasteiger partial charge in [-0.05, 0) is 30.0 Å². The second-order valence-corrected chi connectivity index (χ2v) is 13.4. The summed E-state index contributed by atoms with van der Waals surface area (Å²) < 4.78 is 20.2. The van der Waals surface area contributed by atoms with Gasteiger partial charge in [0.05, 0.1) is 18.1 Å². The number of rotatable bonds is 3. The highest BCUT2D eigenvalue weighted by atomic mass is 28.4. The fraction of sp³-hybridized carbons (Fsp3) is 0.938. The number of hydrogen-bond donors (Lipinski definition) is 1. The van der Waals surface area contributed by atoms with Crippen molar-refractivity contribution in [2.24, 2.45) is 17.2 Å². The molecule has 4 nitrogen and oxygen atoms in total. The Kier molecular flexibility index (Phi) is 3.74. The number of cyclic esters (lactones) is 1. The first-order valence-corrected chi connectivity index (χ1v) is 10.7. The fourth-order valence-corrected chi connectivity index (χ4v) is 4.20. The predicted molar refractivity (Wildman–Crippen MR) is 84.4 cm³/mol. The summed E-state index contributed by atoms with van der Waals surface area (Å²) in [7, 11) is -2.11. The number of ether oxygens (including phenoxy) is 1. The van der Waals surface area contributed by atoms with E-state index in [4.69, 9.17) is 10.5 Å². The summed E-state index contributed by atoms with van der Waals surface area (Å²) in [6, 6.07) is 0. The molecule has 0 aromatic carbocycles. The monoisotopic (exact) mass is 315 g/mol. The van der Waals surface area contributed by atoms with Gasteiger partial charge in [-0.25, -0.2) is 0 Å². The van der Waals surface area contributed by atoms with Gasteiger partial charge in [0, 0.05) is 7.29 Å². The molecule has 1 aliphatic carbocycles. The zero-order chi connectivity index (χ0) is 17.1. The number of esters is 1. The van der Waals surface area contributed by atoms with Crippen molar-refractivity contribution in [2.75, 3.05) is 6.61 Å². The van der Waals surface area contributed by atoms with Crippen molar-refractivity contribution in [2.45, 2.75) is 71.4 Å². The van der Waals surface area contributed by atoms with E-state index < -0.39 is 38.3 Å². The van der Waals surface area contributed by atoms with Crippen molar-refractivity contribution in [3.63, 3.8) is 0 Å². The normalized spacial score (nSPS) is 40.5. The predicted octanol–water partition coefficient (Wildman–Crippen LogP) is 2.96. The quantitative estimate of drug-likeness (QED) is 0.642. The molecule has 1 unspecified atom stereocenters. The van der Waals surface area contributed by atoms with E-state index >= 15 is 0 Å². The Bertz CT molecular complexity index is 471. The first kappa shape index (κ1) is 15.5. The van der Waals surface area contributed by atoms with Crippen molar-refractivity contribution in [1.82, 2.24) is 0 Å². The molecule has 2 rings (SSSR count). The average molecular weight is 316 g/mol. The van der Waals surface area contributed by atoms with Gasteiger partial charge in [-0.3, -0.25) is 4.79 Å². The van der Waals surface area contributed by atoms with Crippen LogP contribution in [0.5, 0.6) is 0 Å². The molecule has 4 atom stereocenters. The van der Waals surface area contributed by atoms with E-state index in [-0.39, 0.29) is 17.1 Å². The fourth-order valence-electron chi connectivity index (χ4n) is 2.94. The van der Waals surface area contributed by atoms with Gasteiger partial charge in [0.2, 0.25) is 0 Å². The molecule has 1 saturated heterocycles. The summed E-state index contributed by atoms with van der Waals surface area (Å²) in [6.07, 6.45) is -0.609. The highest BCUT2D eigenvalue weighted by molar-refractivity contribution is 6.74. The highest BCUT2D eigenvalue weighted by Gasteiger charge is 2.57. The van der Waals surface area contributed by atoms with Crippen LogP contribution in [-0.4, -0.2) is 38.2 Å². The van der Waals surface area contributed by atoms with Crippen LogP contribution < -0.4 is 0 Å². The number of carbonyl (C=O) groups excluding carboxylic acids is 1. The molecule has 21 heavy (non-hydrogen) atoms. The van der Waals surface area contributed by atoms with E-state index in [9.17, 15) is 9.90 Å². The summed E-state index contributed by atoms with van der Waals surface area (Å²) in [5.41, 5.74) is -0.247. The minimum atomic E-state index is -2.11. The molecule has 0 spiro atoms. The summed E-state index contributed by atoms with van der Waals surface area (Å²) in [4.78, 5) is 12.2. The van der Waals surface area contributed by atoms with Crippen LogP contribution in [0.1, 0.15) is 42.4 Å². The lowest BCUT2D eigenvalue weighted by Gasteiger charge is -2.51. The Morgan fingerprint density at radius 2 is 2.00 bits per heavy atom. The zero-order valence-electron chi connectivity index (χ0n) is 15.3. The molecule has 122 valence electrons. The number of aliphatic hydroxyl groups excluding tert-OH is 1. The summed E-state index contributed by atoms with van der Waals surface area (Å²) >= 11 is 0. The van der Waals surface area contributed by atoms with E-state index in [1.54, 1.807) is 0 Å². The Labute approximate surface area is 130 Å². The molecule has 0 aromatic heterocycles. The maximum atomic E-state index is 12.2. The van der Waals surface area contributed by atoms with Crippen LogP contribution in [0.15, 0.2) is 0 Å². The zero-order valence-corrected chi connectivity index (χ0v) is 15.3. The third kappa shape index (κ3) is 2.92. The van der Waals surface area contributed by atoms with Gasteiger partial charge in [-0.15, -0.1) is 0 Å². The van der Waals surface area contributed by atoms with Gasteiger partial charge in [-0.2, -0.15) is 0 Å². The molecule has 1 N–H and O–H groups in total. The summed E-state index contributed by atoms with van der Waals surface area (Å²) in [5.74, 6) is -2.44. The van der Waals surface area contributed by atoms with Crippen molar-refractivity contribution < 1.29 is 20.4 Å². The molecule has 0 aromatic rings. The molecule has 2 fully saturated rings. The third-order valence-electron chi connectivity index (χ3n) is 5.52. The first-order chi connectivity index (χ1) is 9.73. The molecule has 0 amide bonds. The molecule has 1 saturated carbocycles. The van der Waals surface area contributed by atoms with Crippen molar-refractivity contribution in [1.29, 1.82) is 0 Å². The molecule has 0 bridgehead atoms. The average Bonchev–Trinajstić information content (AvgIpc) is 2.63. The number of hydrogen-bond acceptors (Lipinski definition) is 4. The van der Waals surface area contributed by atoms with Crippen LogP contribution in [0.4, 0.5) is 0 Å². The smallest absolute Gasteiger partial charge is 0.312 e.